The molecule has 0 spiro atoms. The second-order valence-corrected chi connectivity index (χ2v) is 5.66. The van der Waals surface area contributed by atoms with Gasteiger partial charge in [0.25, 0.3) is 0 Å². The molecule has 2 rings (SSSR count). The molecular formula is C14H16O7S. The molecule has 0 radical (unpaired) electrons. The highest BCUT2D eigenvalue weighted by Crippen LogP contribution is 2.51. The quantitative estimate of drug-likeness (QED) is 0.482. The number of aliphatic hydroxyl groups excluding tert-OH is 1. The minimum Gasteiger partial charge on any atom is -0.466 e. The number of esters is 3. The monoisotopic (exact) mass is 328 g/mol. The van der Waals surface area contributed by atoms with Crippen LogP contribution in [0.4, 0.5) is 0 Å². The van der Waals surface area contributed by atoms with Crippen molar-refractivity contribution in [2.24, 2.45) is 11.8 Å². The maximum atomic E-state index is 11.9. The van der Waals surface area contributed by atoms with Crippen molar-refractivity contribution < 1.29 is 33.7 Å². The van der Waals surface area contributed by atoms with E-state index in [0.717, 1.165) is 7.11 Å². The molecule has 1 aliphatic rings. The Morgan fingerprint density at radius 2 is 2.09 bits per heavy atom. The van der Waals surface area contributed by atoms with Crippen LogP contribution < -0.4 is 0 Å². The summed E-state index contributed by atoms with van der Waals surface area (Å²) in [4.78, 5) is 35.1. The van der Waals surface area contributed by atoms with E-state index in [1.54, 1.807) is 24.4 Å². The van der Waals surface area contributed by atoms with E-state index >= 15 is 0 Å². The lowest BCUT2D eigenvalue weighted by Crippen LogP contribution is -2.22. The molecule has 1 aromatic rings. The molecule has 7 nitrogen and oxygen atoms in total. The van der Waals surface area contributed by atoms with Crippen molar-refractivity contribution in [3.8, 4) is 0 Å². The first-order valence-corrected chi connectivity index (χ1v) is 7.56. The third-order valence-electron chi connectivity index (χ3n) is 3.36. The summed E-state index contributed by atoms with van der Waals surface area (Å²) in [6.45, 7) is 1.83. The van der Waals surface area contributed by atoms with Crippen LogP contribution in [0.3, 0.4) is 0 Å². The first-order chi connectivity index (χ1) is 10.5. The lowest BCUT2D eigenvalue weighted by molar-refractivity contribution is -0.168. The molecule has 4 atom stereocenters. The number of carbonyl (C=O) groups is 3. The molecule has 0 saturated heterocycles. The predicted octanol–water partition coefficient (Wildman–Crippen LogP) is 0.675. The highest BCUT2D eigenvalue weighted by Gasteiger charge is 2.63. The van der Waals surface area contributed by atoms with Gasteiger partial charge in [-0.2, -0.15) is 0 Å². The Hall–Kier alpha value is -1.93. The fourth-order valence-corrected chi connectivity index (χ4v) is 3.04. The molecule has 1 saturated carbocycles. The van der Waals surface area contributed by atoms with Gasteiger partial charge in [0, 0.05) is 10.8 Å². The lowest BCUT2D eigenvalue weighted by atomic mass is 10.1. The molecule has 0 amide bonds. The number of carbonyl (C=O) groups excluding carboxylic acids is 3. The molecule has 1 heterocycles. The van der Waals surface area contributed by atoms with Gasteiger partial charge in [-0.3, -0.25) is 4.79 Å². The van der Waals surface area contributed by atoms with Gasteiger partial charge in [-0.1, -0.05) is 6.07 Å². The van der Waals surface area contributed by atoms with E-state index in [4.69, 9.17) is 9.47 Å². The molecule has 0 aliphatic heterocycles. The maximum Gasteiger partial charge on any atom is 0.417 e. The summed E-state index contributed by atoms with van der Waals surface area (Å²) in [5.41, 5.74) is 0. The highest BCUT2D eigenvalue weighted by molar-refractivity contribution is 7.10. The summed E-state index contributed by atoms with van der Waals surface area (Å²) in [6, 6.07) is 3.48. The molecule has 22 heavy (non-hydrogen) atoms. The maximum absolute atomic E-state index is 11.9. The van der Waals surface area contributed by atoms with Gasteiger partial charge in [0.05, 0.1) is 19.8 Å². The van der Waals surface area contributed by atoms with Crippen LogP contribution in [-0.2, 0) is 28.6 Å². The molecular weight excluding hydrogens is 312 g/mol. The highest BCUT2D eigenvalue weighted by atomic mass is 32.1. The zero-order chi connectivity index (χ0) is 16.3. The van der Waals surface area contributed by atoms with Gasteiger partial charge in [-0.05, 0) is 18.4 Å². The van der Waals surface area contributed by atoms with Gasteiger partial charge in [0.1, 0.15) is 12.0 Å². The molecule has 1 aliphatic carbocycles. The van der Waals surface area contributed by atoms with Crippen LogP contribution in [0.25, 0.3) is 0 Å². The summed E-state index contributed by atoms with van der Waals surface area (Å²) < 4.78 is 14.1. The van der Waals surface area contributed by atoms with Crippen molar-refractivity contribution in [2.45, 2.75) is 19.1 Å². The Bertz CT molecular complexity index is 554. The molecule has 8 heteroatoms. The molecule has 120 valence electrons. The fraction of sp³-hybridized carbons (Fsp3) is 0.500. The Labute approximate surface area is 130 Å². The number of aliphatic hydroxyl groups is 1. The van der Waals surface area contributed by atoms with Crippen LogP contribution in [0.1, 0.15) is 17.9 Å². The van der Waals surface area contributed by atoms with E-state index in [0.29, 0.717) is 4.88 Å². The molecule has 1 N–H and O–H groups in total. The number of thiophene rings is 1. The number of methoxy groups -OCH3 is 1. The second-order valence-electron chi connectivity index (χ2n) is 4.68. The summed E-state index contributed by atoms with van der Waals surface area (Å²) in [6.07, 6.45) is -1.87. The Morgan fingerprint density at radius 3 is 2.64 bits per heavy atom. The van der Waals surface area contributed by atoms with E-state index in [1.165, 1.54) is 11.3 Å². The van der Waals surface area contributed by atoms with Crippen LogP contribution in [0.15, 0.2) is 17.5 Å². The fourth-order valence-electron chi connectivity index (χ4n) is 2.27. The van der Waals surface area contributed by atoms with Crippen LogP contribution in [0, 0.1) is 11.8 Å². The smallest absolute Gasteiger partial charge is 0.417 e. The van der Waals surface area contributed by atoms with Gasteiger partial charge in [-0.15, -0.1) is 11.3 Å². The number of hydrogen-bond donors (Lipinski definition) is 1. The van der Waals surface area contributed by atoms with Gasteiger partial charge >= 0.3 is 17.9 Å². The van der Waals surface area contributed by atoms with Crippen molar-refractivity contribution >= 4 is 29.2 Å². The molecule has 1 fully saturated rings. The third-order valence-corrected chi connectivity index (χ3v) is 4.30. The number of rotatable bonds is 5. The summed E-state index contributed by atoms with van der Waals surface area (Å²) in [5, 5.41) is 12.1. The van der Waals surface area contributed by atoms with Gasteiger partial charge in [0.15, 0.2) is 0 Å². The van der Waals surface area contributed by atoms with Crippen LogP contribution >= 0.6 is 11.3 Å². The average molecular weight is 328 g/mol. The standard InChI is InChI=1S/C14H16O7S/c1-3-20-12(16)9-8(10(15)7-5-4-6-22-7)11(9)21-14(18)13(17)19-2/h4-6,8-11,15H,3H2,1-2H3/t8-,9+,10-,11+/m0/s1. The van der Waals surface area contributed by atoms with Crippen LogP contribution in [-0.4, -0.2) is 42.8 Å². The first kappa shape index (κ1) is 16.4. The SMILES string of the molecule is CCOC(=O)[C@H]1[C@H](OC(=O)C(=O)OC)[C@@H]1[C@@H](O)c1cccs1. The minimum absolute atomic E-state index is 0.175. The van der Waals surface area contributed by atoms with E-state index in [9.17, 15) is 19.5 Å². The summed E-state index contributed by atoms with van der Waals surface area (Å²) >= 11 is 1.32. The molecule has 0 aromatic carbocycles. The molecule has 0 unspecified atom stereocenters. The van der Waals surface area contributed by atoms with Crippen molar-refractivity contribution in [3.63, 3.8) is 0 Å². The summed E-state index contributed by atoms with van der Waals surface area (Å²) in [7, 11) is 1.05. The molecule has 0 bridgehead atoms. The minimum atomic E-state index is -1.19. The van der Waals surface area contributed by atoms with E-state index in [2.05, 4.69) is 4.74 Å². The topological polar surface area (TPSA) is 99.1 Å². The average Bonchev–Trinajstić information content (AvgIpc) is 2.95. The van der Waals surface area contributed by atoms with E-state index < -0.39 is 42.0 Å². The Morgan fingerprint density at radius 1 is 1.36 bits per heavy atom. The normalized spacial score (nSPS) is 24.2. The zero-order valence-corrected chi connectivity index (χ0v) is 12.9. The van der Waals surface area contributed by atoms with Crippen molar-refractivity contribution in [1.82, 2.24) is 0 Å². The largest absolute Gasteiger partial charge is 0.466 e. The van der Waals surface area contributed by atoms with Gasteiger partial charge in [0.2, 0.25) is 0 Å². The Kier molecular flexibility index (Phi) is 5.15. The number of ether oxygens (including phenoxy) is 3. The lowest BCUT2D eigenvalue weighted by Gasteiger charge is -2.07. The van der Waals surface area contributed by atoms with Crippen molar-refractivity contribution in [2.75, 3.05) is 13.7 Å². The van der Waals surface area contributed by atoms with Gasteiger partial charge < -0.3 is 19.3 Å². The van der Waals surface area contributed by atoms with Gasteiger partial charge in [-0.25, -0.2) is 9.59 Å². The van der Waals surface area contributed by atoms with E-state index in [-0.39, 0.29) is 6.61 Å². The Balaban J connectivity index is 2.09. The van der Waals surface area contributed by atoms with Crippen LogP contribution in [0.2, 0.25) is 0 Å². The molecule has 1 aromatic heterocycles. The number of hydrogen-bond acceptors (Lipinski definition) is 8. The van der Waals surface area contributed by atoms with Crippen molar-refractivity contribution in [1.29, 1.82) is 0 Å². The zero-order valence-electron chi connectivity index (χ0n) is 12.1. The second kappa shape index (κ2) is 6.89. The predicted molar refractivity (Wildman–Crippen MR) is 74.8 cm³/mol. The third kappa shape index (κ3) is 3.28. The summed E-state index contributed by atoms with van der Waals surface area (Å²) in [5.74, 6) is -4.33. The van der Waals surface area contributed by atoms with E-state index in [1.807, 2.05) is 0 Å². The van der Waals surface area contributed by atoms with Crippen molar-refractivity contribution in [3.05, 3.63) is 22.4 Å². The first-order valence-electron chi connectivity index (χ1n) is 6.68. The van der Waals surface area contributed by atoms with Crippen LogP contribution in [0.5, 0.6) is 0 Å².